The van der Waals surface area contributed by atoms with E-state index < -0.39 is 10.0 Å². The van der Waals surface area contributed by atoms with Crippen LogP contribution in [0.3, 0.4) is 0 Å². The van der Waals surface area contributed by atoms with Crippen LogP contribution in [0.4, 0.5) is 0 Å². The second-order valence-corrected chi connectivity index (χ2v) is 8.22. The highest BCUT2D eigenvalue weighted by atomic mass is 32.2. The first-order valence-corrected chi connectivity index (χ1v) is 9.19. The van der Waals surface area contributed by atoms with Gasteiger partial charge in [0.25, 0.3) is 5.91 Å². The Morgan fingerprint density at radius 2 is 1.92 bits per heavy atom. The van der Waals surface area contributed by atoms with E-state index in [0.29, 0.717) is 18.7 Å². The molecule has 0 spiro atoms. The van der Waals surface area contributed by atoms with Gasteiger partial charge in [0.05, 0.1) is 11.2 Å². The Hall–Kier alpha value is -2.12. The van der Waals surface area contributed by atoms with Gasteiger partial charge in [-0.25, -0.2) is 12.7 Å². The van der Waals surface area contributed by atoms with Crippen molar-refractivity contribution >= 4 is 15.9 Å². The van der Waals surface area contributed by atoms with Crippen LogP contribution in [0, 0.1) is 0 Å². The van der Waals surface area contributed by atoms with Crippen molar-refractivity contribution < 1.29 is 17.6 Å². The summed E-state index contributed by atoms with van der Waals surface area (Å²) in [5.74, 6) is 1.04. The summed E-state index contributed by atoms with van der Waals surface area (Å²) in [5, 5.41) is 0. The van der Waals surface area contributed by atoms with Crippen molar-refractivity contribution in [2.75, 3.05) is 27.2 Å². The number of sulfonamides is 1. The minimum absolute atomic E-state index is 0.0853. The van der Waals surface area contributed by atoms with E-state index in [0.717, 1.165) is 16.5 Å². The quantitative estimate of drug-likeness (QED) is 0.849. The number of likely N-dealkylation sites (tertiary alicyclic amines) is 1. The molecule has 1 fully saturated rings. The molecule has 1 atom stereocenters. The molecule has 3 rings (SSSR count). The van der Waals surface area contributed by atoms with Gasteiger partial charge in [-0.2, -0.15) is 0 Å². The van der Waals surface area contributed by atoms with Gasteiger partial charge < -0.3 is 9.32 Å². The second-order valence-electron chi connectivity index (χ2n) is 6.06. The van der Waals surface area contributed by atoms with Crippen molar-refractivity contribution in [2.24, 2.45) is 0 Å². The zero-order valence-corrected chi connectivity index (χ0v) is 14.5. The second kappa shape index (κ2) is 6.41. The van der Waals surface area contributed by atoms with Crippen LogP contribution in [0.5, 0.6) is 0 Å². The maximum absolute atomic E-state index is 12.6. The van der Waals surface area contributed by atoms with Gasteiger partial charge in [-0.3, -0.25) is 4.79 Å². The lowest BCUT2D eigenvalue weighted by molar-refractivity contribution is 0.0790. The SMILES string of the molecule is CN(C)S(=O)(=O)c1ccc(C(=O)N2CCC(c3ccco3)C2)cc1. The third kappa shape index (κ3) is 3.09. The van der Waals surface area contributed by atoms with Crippen LogP contribution in [0.15, 0.2) is 52.0 Å². The number of benzene rings is 1. The lowest BCUT2D eigenvalue weighted by Crippen LogP contribution is -2.28. The number of hydrogen-bond acceptors (Lipinski definition) is 4. The highest BCUT2D eigenvalue weighted by molar-refractivity contribution is 7.89. The molecule has 0 bridgehead atoms. The summed E-state index contributed by atoms with van der Waals surface area (Å²) < 4.78 is 30.7. The van der Waals surface area contributed by atoms with Gasteiger partial charge in [0, 0.05) is 38.7 Å². The normalized spacial score (nSPS) is 18.3. The lowest BCUT2D eigenvalue weighted by atomic mass is 10.1. The van der Waals surface area contributed by atoms with Crippen molar-refractivity contribution in [1.29, 1.82) is 0 Å². The zero-order chi connectivity index (χ0) is 17.3. The highest BCUT2D eigenvalue weighted by Crippen LogP contribution is 2.28. The molecule has 1 unspecified atom stereocenters. The van der Waals surface area contributed by atoms with E-state index in [9.17, 15) is 13.2 Å². The largest absolute Gasteiger partial charge is 0.469 e. The molecule has 2 aromatic rings. The molecule has 128 valence electrons. The average Bonchev–Trinajstić information content (AvgIpc) is 3.25. The van der Waals surface area contributed by atoms with Crippen LogP contribution in [0.1, 0.15) is 28.5 Å². The molecule has 1 aromatic heterocycles. The molecule has 24 heavy (non-hydrogen) atoms. The molecule has 1 aliphatic heterocycles. The number of carbonyl (C=O) groups is 1. The van der Waals surface area contributed by atoms with Gasteiger partial charge in [-0.15, -0.1) is 0 Å². The average molecular weight is 348 g/mol. The van der Waals surface area contributed by atoms with Gasteiger partial charge in [-0.1, -0.05) is 0 Å². The van der Waals surface area contributed by atoms with E-state index in [4.69, 9.17) is 4.42 Å². The van der Waals surface area contributed by atoms with E-state index in [1.165, 1.54) is 26.2 Å². The standard InChI is InChI=1S/C17H20N2O4S/c1-18(2)24(21,22)15-7-5-13(6-8-15)17(20)19-10-9-14(12-19)16-4-3-11-23-16/h3-8,11,14H,9-10,12H2,1-2H3. The van der Waals surface area contributed by atoms with E-state index in [1.54, 1.807) is 23.3 Å². The number of furan rings is 1. The highest BCUT2D eigenvalue weighted by Gasteiger charge is 2.29. The van der Waals surface area contributed by atoms with Gasteiger partial charge >= 0.3 is 0 Å². The molecule has 1 amide bonds. The monoisotopic (exact) mass is 348 g/mol. The van der Waals surface area contributed by atoms with Gasteiger partial charge in [0.1, 0.15) is 5.76 Å². The first-order chi connectivity index (χ1) is 11.4. The Morgan fingerprint density at radius 3 is 2.50 bits per heavy atom. The minimum atomic E-state index is -3.48. The minimum Gasteiger partial charge on any atom is -0.469 e. The Balaban J connectivity index is 1.72. The summed E-state index contributed by atoms with van der Waals surface area (Å²) in [6.07, 6.45) is 2.51. The van der Waals surface area contributed by atoms with Crippen molar-refractivity contribution in [3.63, 3.8) is 0 Å². The van der Waals surface area contributed by atoms with Crippen LogP contribution >= 0.6 is 0 Å². The molecule has 2 heterocycles. The summed E-state index contributed by atoms with van der Waals surface area (Å²) in [4.78, 5) is 14.6. The van der Waals surface area contributed by atoms with Crippen molar-refractivity contribution in [1.82, 2.24) is 9.21 Å². The molecule has 0 radical (unpaired) electrons. The number of hydrogen-bond donors (Lipinski definition) is 0. The summed E-state index contributed by atoms with van der Waals surface area (Å²) in [7, 11) is -0.522. The number of carbonyl (C=O) groups excluding carboxylic acids is 1. The Kier molecular flexibility index (Phi) is 4.47. The summed E-state index contributed by atoms with van der Waals surface area (Å²) in [6.45, 7) is 1.28. The van der Waals surface area contributed by atoms with Crippen molar-refractivity contribution in [3.8, 4) is 0 Å². The Morgan fingerprint density at radius 1 is 1.21 bits per heavy atom. The third-order valence-electron chi connectivity index (χ3n) is 4.30. The van der Waals surface area contributed by atoms with Crippen LogP contribution in [-0.2, 0) is 10.0 Å². The zero-order valence-electron chi connectivity index (χ0n) is 13.7. The smallest absolute Gasteiger partial charge is 0.253 e. The molecular formula is C17H20N2O4S. The fourth-order valence-corrected chi connectivity index (χ4v) is 3.77. The van der Waals surface area contributed by atoms with Gasteiger partial charge in [0.2, 0.25) is 10.0 Å². The van der Waals surface area contributed by atoms with E-state index in [1.807, 2.05) is 12.1 Å². The van der Waals surface area contributed by atoms with E-state index in [-0.39, 0.29) is 16.7 Å². The van der Waals surface area contributed by atoms with Crippen LogP contribution in [-0.4, -0.2) is 50.7 Å². The molecule has 0 N–H and O–H groups in total. The molecule has 6 nitrogen and oxygen atoms in total. The van der Waals surface area contributed by atoms with Crippen LogP contribution in [0.25, 0.3) is 0 Å². The number of rotatable bonds is 4. The van der Waals surface area contributed by atoms with Gasteiger partial charge in [0.15, 0.2) is 0 Å². The molecule has 1 aromatic carbocycles. The Labute approximate surface area is 141 Å². The predicted molar refractivity (Wildman–Crippen MR) is 89.3 cm³/mol. The number of nitrogens with zero attached hydrogens (tertiary/aromatic N) is 2. The van der Waals surface area contributed by atoms with E-state index >= 15 is 0 Å². The fraction of sp³-hybridized carbons (Fsp3) is 0.353. The first-order valence-electron chi connectivity index (χ1n) is 7.75. The van der Waals surface area contributed by atoms with Crippen LogP contribution < -0.4 is 0 Å². The Bertz CT molecular complexity index is 811. The third-order valence-corrected chi connectivity index (χ3v) is 6.13. The molecular weight excluding hydrogens is 328 g/mol. The molecule has 7 heteroatoms. The lowest BCUT2D eigenvalue weighted by Gasteiger charge is -2.17. The molecule has 1 saturated heterocycles. The van der Waals surface area contributed by atoms with Crippen LogP contribution in [0.2, 0.25) is 0 Å². The molecule has 0 saturated carbocycles. The molecule has 0 aliphatic carbocycles. The van der Waals surface area contributed by atoms with Gasteiger partial charge in [-0.05, 0) is 42.8 Å². The summed E-state index contributed by atoms with van der Waals surface area (Å²) >= 11 is 0. The fourth-order valence-electron chi connectivity index (χ4n) is 2.86. The number of amides is 1. The summed E-state index contributed by atoms with van der Waals surface area (Å²) in [5.41, 5.74) is 0.493. The summed E-state index contributed by atoms with van der Waals surface area (Å²) in [6, 6.07) is 9.87. The van der Waals surface area contributed by atoms with Crippen molar-refractivity contribution in [2.45, 2.75) is 17.2 Å². The van der Waals surface area contributed by atoms with E-state index in [2.05, 4.69) is 0 Å². The topological polar surface area (TPSA) is 70.8 Å². The first kappa shape index (κ1) is 16.7. The maximum Gasteiger partial charge on any atom is 0.253 e. The maximum atomic E-state index is 12.6. The van der Waals surface area contributed by atoms with Crippen molar-refractivity contribution in [3.05, 3.63) is 54.0 Å². The predicted octanol–water partition coefficient (Wildman–Crippen LogP) is 2.16. The molecule has 1 aliphatic rings.